The minimum Gasteiger partial charge on any atom is -0.497 e. The zero-order valence-corrected chi connectivity index (χ0v) is 20.7. The van der Waals surface area contributed by atoms with Crippen LogP contribution < -0.4 is 20.1 Å². The van der Waals surface area contributed by atoms with E-state index in [2.05, 4.69) is 33.6 Å². The molecule has 2 N–H and O–H groups in total. The lowest BCUT2D eigenvalue weighted by Crippen LogP contribution is -2.36. The second-order valence-electron chi connectivity index (χ2n) is 7.03. The SMILES string of the molecule is CN=C(NCc1nc(C)c(C)s1)NCc1ccc(OC)cc1OC1CCCC1.I. The van der Waals surface area contributed by atoms with Gasteiger partial charge in [-0.15, -0.1) is 35.3 Å². The van der Waals surface area contributed by atoms with Gasteiger partial charge in [0.2, 0.25) is 0 Å². The molecule has 0 spiro atoms. The number of benzene rings is 1. The number of guanidine groups is 1. The van der Waals surface area contributed by atoms with Crippen LogP contribution in [0.15, 0.2) is 23.2 Å². The van der Waals surface area contributed by atoms with Crippen LogP contribution in [0.1, 0.15) is 46.8 Å². The van der Waals surface area contributed by atoms with Crippen LogP contribution in [0.5, 0.6) is 11.5 Å². The van der Waals surface area contributed by atoms with Gasteiger partial charge in [0.05, 0.1) is 25.5 Å². The van der Waals surface area contributed by atoms with E-state index < -0.39 is 0 Å². The third kappa shape index (κ3) is 6.74. The summed E-state index contributed by atoms with van der Waals surface area (Å²) in [5, 5.41) is 7.77. The molecule has 8 heteroatoms. The summed E-state index contributed by atoms with van der Waals surface area (Å²) >= 11 is 1.72. The number of nitrogens with one attached hydrogen (secondary N) is 2. The normalized spacial score (nSPS) is 14.4. The van der Waals surface area contributed by atoms with E-state index in [0.717, 1.165) is 46.6 Å². The van der Waals surface area contributed by atoms with E-state index in [1.807, 2.05) is 19.1 Å². The number of aromatic nitrogens is 1. The molecular weight excluding hydrogens is 499 g/mol. The van der Waals surface area contributed by atoms with Crippen LogP contribution in [0.4, 0.5) is 0 Å². The predicted molar refractivity (Wildman–Crippen MR) is 130 cm³/mol. The maximum atomic E-state index is 6.27. The number of aryl methyl sites for hydroxylation is 2. The van der Waals surface area contributed by atoms with Gasteiger partial charge < -0.3 is 20.1 Å². The summed E-state index contributed by atoms with van der Waals surface area (Å²) in [6.45, 7) is 5.42. The molecule has 160 valence electrons. The number of ether oxygens (including phenoxy) is 2. The van der Waals surface area contributed by atoms with E-state index in [9.17, 15) is 0 Å². The van der Waals surface area contributed by atoms with Crippen LogP contribution >= 0.6 is 35.3 Å². The molecule has 0 unspecified atom stereocenters. The molecule has 1 heterocycles. The molecule has 1 saturated carbocycles. The summed E-state index contributed by atoms with van der Waals surface area (Å²) in [5.41, 5.74) is 2.19. The number of hydrogen-bond donors (Lipinski definition) is 2. The first-order chi connectivity index (χ1) is 13.6. The van der Waals surface area contributed by atoms with Gasteiger partial charge in [-0.05, 0) is 51.7 Å². The molecule has 0 radical (unpaired) electrons. The van der Waals surface area contributed by atoms with Crippen LogP contribution in [-0.2, 0) is 13.1 Å². The molecule has 0 saturated heterocycles. The first kappa shape index (κ1) is 23.7. The highest BCUT2D eigenvalue weighted by molar-refractivity contribution is 14.0. The van der Waals surface area contributed by atoms with Crippen molar-refractivity contribution in [3.8, 4) is 11.5 Å². The Morgan fingerprint density at radius 3 is 2.55 bits per heavy atom. The molecule has 1 aliphatic carbocycles. The van der Waals surface area contributed by atoms with Crippen molar-refractivity contribution >= 4 is 41.3 Å². The fourth-order valence-electron chi connectivity index (χ4n) is 3.28. The molecule has 0 atom stereocenters. The van der Waals surface area contributed by atoms with Gasteiger partial charge in [-0.1, -0.05) is 0 Å². The second kappa shape index (κ2) is 11.6. The Labute approximate surface area is 194 Å². The molecule has 2 aromatic rings. The number of rotatable bonds is 7. The Balaban J connectivity index is 0.00000300. The zero-order chi connectivity index (χ0) is 19.9. The molecule has 29 heavy (non-hydrogen) atoms. The molecule has 0 aliphatic heterocycles. The van der Waals surface area contributed by atoms with Crippen molar-refractivity contribution in [1.29, 1.82) is 0 Å². The Morgan fingerprint density at radius 2 is 1.93 bits per heavy atom. The van der Waals surface area contributed by atoms with E-state index >= 15 is 0 Å². The number of nitrogens with zero attached hydrogens (tertiary/aromatic N) is 2. The van der Waals surface area contributed by atoms with Gasteiger partial charge in [-0.25, -0.2) is 4.98 Å². The summed E-state index contributed by atoms with van der Waals surface area (Å²) < 4.78 is 11.6. The average molecular weight is 530 g/mol. The average Bonchev–Trinajstić information content (AvgIpc) is 3.32. The first-order valence-electron chi connectivity index (χ1n) is 9.80. The van der Waals surface area contributed by atoms with E-state index in [1.54, 1.807) is 25.5 Å². The highest BCUT2D eigenvalue weighted by Gasteiger charge is 2.18. The second-order valence-corrected chi connectivity index (χ2v) is 8.31. The number of methoxy groups -OCH3 is 1. The molecular formula is C21H31IN4O2S. The highest BCUT2D eigenvalue weighted by atomic mass is 127. The first-order valence-corrected chi connectivity index (χ1v) is 10.6. The van der Waals surface area contributed by atoms with Crippen LogP contribution in [0.2, 0.25) is 0 Å². The van der Waals surface area contributed by atoms with Crippen molar-refractivity contribution in [1.82, 2.24) is 15.6 Å². The monoisotopic (exact) mass is 530 g/mol. The van der Waals surface area contributed by atoms with Gasteiger partial charge >= 0.3 is 0 Å². The standard InChI is InChI=1S/C21H30N4O2S.HI/c1-14-15(2)28-20(25-14)13-24-21(22-3)23-12-16-9-10-18(26-4)11-19(16)27-17-7-5-6-8-17;/h9-11,17H,5-8,12-13H2,1-4H3,(H2,22,23,24);1H. The Morgan fingerprint density at radius 1 is 1.21 bits per heavy atom. The Kier molecular flexibility index (Phi) is 9.48. The molecule has 0 bridgehead atoms. The van der Waals surface area contributed by atoms with E-state index in [4.69, 9.17) is 9.47 Å². The van der Waals surface area contributed by atoms with Crippen molar-refractivity contribution in [3.63, 3.8) is 0 Å². The molecule has 3 rings (SSSR count). The summed E-state index contributed by atoms with van der Waals surface area (Å²) in [4.78, 5) is 10.1. The molecule has 0 amide bonds. The lowest BCUT2D eigenvalue weighted by atomic mass is 10.2. The summed E-state index contributed by atoms with van der Waals surface area (Å²) in [6, 6.07) is 6.00. The van der Waals surface area contributed by atoms with Crippen molar-refractivity contribution in [3.05, 3.63) is 39.3 Å². The number of hydrogen-bond acceptors (Lipinski definition) is 5. The Hall–Kier alpha value is -1.55. The predicted octanol–water partition coefficient (Wildman–Crippen LogP) is 4.57. The molecule has 1 aromatic heterocycles. The van der Waals surface area contributed by atoms with Gasteiger partial charge in [0.15, 0.2) is 5.96 Å². The summed E-state index contributed by atoms with van der Waals surface area (Å²) in [5.74, 6) is 2.45. The van der Waals surface area contributed by atoms with Crippen molar-refractivity contribution < 1.29 is 9.47 Å². The molecule has 1 aromatic carbocycles. The van der Waals surface area contributed by atoms with E-state index in [-0.39, 0.29) is 24.0 Å². The molecule has 6 nitrogen and oxygen atoms in total. The van der Waals surface area contributed by atoms with E-state index in [1.165, 1.54) is 17.7 Å². The lowest BCUT2D eigenvalue weighted by Gasteiger charge is -2.18. The van der Waals surface area contributed by atoms with Crippen LogP contribution in [-0.4, -0.2) is 31.2 Å². The largest absolute Gasteiger partial charge is 0.497 e. The summed E-state index contributed by atoms with van der Waals surface area (Å²) in [6.07, 6.45) is 5.04. The Bertz CT molecular complexity index is 800. The van der Waals surface area contributed by atoms with Crippen molar-refractivity contribution in [2.75, 3.05) is 14.2 Å². The van der Waals surface area contributed by atoms with Gasteiger partial charge in [0, 0.05) is 30.1 Å². The third-order valence-electron chi connectivity index (χ3n) is 5.02. The smallest absolute Gasteiger partial charge is 0.191 e. The van der Waals surface area contributed by atoms with Crippen LogP contribution in [0.25, 0.3) is 0 Å². The fourth-order valence-corrected chi connectivity index (χ4v) is 4.15. The minimum atomic E-state index is 0. The minimum absolute atomic E-state index is 0. The quantitative estimate of drug-likeness (QED) is 0.312. The van der Waals surface area contributed by atoms with Gasteiger partial charge in [-0.2, -0.15) is 0 Å². The van der Waals surface area contributed by atoms with Crippen LogP contribution in [0.3, 0.4) is 0 Å². The topological polar surface area (TPSA) is 67.8 Å². The van der Waals surface area contributed by atoms with E-state index in [0.29, 0.717) is 19.2 Å². The molecule has 1 aliphatic rings. The molecule has 1 fully saturated rings. The third-order valence-corrected chi connectivity index (χ3v) is 6.09. The fraction of sp³-hybridized carbons (Fsp3) is 0.524. The van der Waals surface area contributed by atoms with Crippen LogP contribution in [0, 0.1) is 13.8 Å². The van der Waals surface area contributed by atoms with Crippen molar-refractivity contribution in [2.24, 2.45) is 4.99 Å². The highest BCUT2D eigenvalue weighted by Crippen LogP contribution is 2.30. The number of aliphatic imine (C=N–C) groups is 1. The lowest BCUT2D eigenvalue weighted by molar-refractivity contribution is 0.207. The van der Waals surface area contributed by atoms with Gasteiger partial charge in [0.1, 0.15) is 16.5 Å². The summed E-state index contributed by atoms with van der Waals surface area (Å²) in [7, 11) is 3.46. The zero-order valence-electron chi connectivity index (χ0n) is 17.6. The van der Waals surface area contributed by atoms with Gasteiger partial charge in [-0.3, -0.25) is 4.99 Å². The number of halogens is 1. The van der Waals surface area contributed by atoms with Crippen molar-refractivity contribution in [2.45, 2.75) is 58.7 Å². The maximum Gasteiger partial charge on any atom is 0.191 e. The van der Waals surface area contributed by atoms with Gasteiger partial charge in [0.25, 0.3) is 0 Å². The maximum absolute atomic E-state index is 6.27. The number of thiazole rings is 1.